The van der Waals surface area contributed by atoms with Crippen LogP contribution in [0.3, 0.4) is 0 Å². The fourth-order valence-electron chi connectivity index (χ4n) is 1.56. The molecule has 1 atom stereocenters. The lowest BCUT2D eigenvalue weighted by Crippen LogP contribution is -2.28. The molecule has 0 bridgehead atoms. The lowest BCUT2D eigenvalue weighted by molar-refractivity contribution is -0.385. The average molecular weight is 283 g/mol. The molecule has 1 aromatic carbocycles. The summed E-state index contributed by atoms with van der Waals surface area (Å²) in [4.78, 5) is 21.9. The number of nitro groups is 1. The average Bonchev–Trinajstić information content (AvgIpc) is 2.44. The minimum atomic E-state index is -0.828. The molecular formula is C13H17NO6. The highest BCUT2D eigenvalue weighted by atomic mass is 16.6. The monoisotopic (exact) mass is 283 g/mol. The van der Waals surface area contributed by atoms with Gasteiger partial charge in [0, 0.05) is 6.07 Å². The summed E-state index contributed by atoms with van der Waals surface area (Å²) in [6, 6.07) is 3.95. The number of nitrogens with zero attached hydrogens (tertiary/aromatic N) is 1. The largest absolute Gasteiger partial charge is 0.493 e. The van der Waals surface area contributed by atoms with E-state index in [-0.39, 0.29) is 18.0 Å². The van der Waals surface area contributed by atoms with Gasteiger partial charge >= 0.3 is 5.97 Å². The van der Waals surface area contributed by atoms with Crippen molar-refractivity contribution in [3.05, 3.63) is 28.3 Å². The first-order valence-corrected chi connectivity index (χ1v) is 6.19. The van der Waals surface area contributed by atoms with Crippen molar-refractivity contribution >= 4 is 11.7 Å². The van der Waals surface area contributed by atoms with E-state index in [1.165, 1.54) is 25.3 Å². The van der Waals surface area contributed by atoms with E-state index >= 15 is 0 Å². The molecule has 0 N–H and O–H groups in total. The maximum Gasteiger partial charge on any atom is 0.347 e. The van der Waals surface area contributed by atoms with E-state index in [0.717, 1.165) is 0 Å². The zero-order chi connectivity index (χ0) is 15.1. The Balaban J connectivity index is 3.01. The second-order valence-electron chi connectivity index (χ2n) is 3.86. The van der Waals surface area contributed by atoms with Crippen LogP contribution >= 0.6 is 0 Å². The van der Waals surface area contributed by atoms with Gasteiger partial charge < -0.3 is 14.2 Å². The van der Waals surface area contributed by atoms with Gasteiger partial charge in [0.1, 0.15) is 0 Å². The highest BCUT2D eigenvalue weighted by Gasteiger charge is 2.22. The molecule has 0 heterocycles. The van der Waals surface area contributed by atoms with Crippen molar-refractivity contribution < 1.29 is 23.9 Å². The van der Waals surface area contributed by atoms with Gasteiger partial charge in [0.25, 0.3) is 5.69 Å². The number of ether oxygens (including phenoxy) is 3. The fourth-order valence-corrected chi connectivity index (χ4v) is 1.56. The normalized spacial score (nSPS) is 11.6. The second kappa shape index (κ2) is 7.32. The summed E-state index contributed by atoms with van der Waals surface area (Å²) in [7, 11) is 1.42. The molecule has 0 radical (unpaired) electrons. The number of hydrogen-bond donors (Lipinski definition) is 0. The van der Waals surface area contributed by atoms with E-state index in [4.69, 9.17) is 14.2 Å². The van der Waals surface area contributed by atoms with Crippen molar-refractivity contribution in [2.75, 3.05) is 13.7 Å². The smallest absolute Gasteiger partial charge is 0.347 e. The number of rotatable bonds is 7. The zero-order valence-corrected chi connectivity index (χ0v) is 11.6. The highest BCUT2D eigenvalue weighted by molar-refractivity contribution is 5.75. The van der Waals surface area contributed by atoms with Crippen molar-refractivity contribution in [1.82, 2.24) is 0 Å². The molecule has 0 aromatic heterocycles. The van der Waals surface area contributed by atoms with Gasteiger partial charge in [-0.2, -0.15) is 0 Å². The lowest BCUT2D eigenvalue weighted by Gasteiger charge is -2.17. The molecular weight excluding hydrogens is 266 g/mol. The second-order valence-corrected chi connectivity index (χ2v) is 3.86. The number of hydrogen-bond acceptors (Lipinski definition) is 6. The first-order chi connectivity index (χ1) is 9.53. The lowest BCUT2D eigenvalue weighted by atomic mass is 10.2. The SMILES string of the molecule is CCOC(=O)C(CC)Oc1cc([N+](=O)[O-])ccc1OC. The van der Waals surface area contributed by atoms with Gasteiger partial charge in [-0.3, -0.25) is 10.1 Å². The predicted octanol–water partition coefficient (Wildman–Crippen LogP) is 2.32. The van der Waals surface area contributed by atoms with Crippen LogP contribution in [0.5, 0.6) is 11.5 Å². The molecule has 110 valence electrons. The summed E-state index contributed by atoms with van der Waals surface area (Å²) in [5, 5.41) is 10.8. The van der Waals surface area contributed by atoms with E-state index in [0.29, 0.717) is 12.2 Å². The van der Waals surface area contributed by atoms with E-state index in [2.05, 4.69) is 0 Å². The Hall–Kier alpha value is -2.31. The van der Waals surface area contributed by atoms with Crippen LogP contribution in [0, 0.1) is 10.1 Å². The summed E-state index contributed by atoms with van der Waals surface area (Å²) in [5.41, 5.74) is -0.139. The summed E-state index contributed by atoms with van der Waals surface area (Å²) >= 11 is 0. The molecule has 0 spiro atoms. The molecule has 0 aliphatic carbocycles. The highest BCUT2D eigenvalue weighted by Crippen LogP contribution is 2.32. The van der Waals surface area contributed by atoms with Crippen LogP contribution in [0.25, 0.3) is 0 Å². The van der Waals surface area contributed by atoms with Gasteiger partial charge in [0.15, 0.2) is 17.6 Å². The van der Waals surface area contributed by atoms with E-state index in [9.17, 15) is 14.9 Å². The molecule has 1 aromatic rings. The topological polar surface area (TPSA) is 87.9 Å². The van der Waals surface area contributed by atoms with Gasteiger partial charge in [-0.15, -0.1) is 0 Å². The van der Waals surface area contributed by atoms with Crippen molar-refractivity contribution in [2.24, 2.45) is 0 Å². The van der Waals surface area contributed by atoms with Crippen molar-refractivity contribution in [3.63, 3.8) is 0 Å². The van der Waals surface area contributed by atoms with Crippen LogP contribution in [0.15, 0.2) is 18.2 Å². The van der Waals surface area contributed by atoms with E-state index in [1.54, 1.807) is 13.8 Å². The maximum atomic E-state index is 11.7. The molecule has 1 unspecified atom stereocenters. The van der Waals surface area contributed by atoms with Crippen molar-refractivity contribution in [2.45, 2.75) is 26.4 Å². The van der Waals surface area contributed by atoms with Crippen LogP contribution < -0.4 is 9.47 Å². The summed E-state index contributed by atoms with van der Waals surface area (Å²) in [6.45, 7) is 3.69. The Bertz CT molecular complexity index is 488. The molecule has 0 amide bonds. The fraction of sp³-hybridized carbons (Fsp3) is 0.462. The van der Waals surface area contributed by atoms with Gasteiger partial charge in [-0.05, 0) is 19.4 Å². The summed E-state index contributed by atoms with van der Waals surface area (Å²) in [6.07, 6.45) is -0.448. The first-order valence-electron chi connectivity index (χ1n) is 6.19. The van der Waals surface area contributed by atoms with Crippen molar-refractivity contribution in [1.29, 1.82) is 0 Å². The Morgan fingerprint density at radius 2 is 2.05 bits per heavy atom. The molecule has 0 fully saturated rings. The maximum absolute atomic E-state index is 11.7. The number of esters is 1. The number of nitro benzene ring substituents is 1. The Labute approximate surface area is 116 Å². The standard InChI is InChI=1S/C13H17NO6/c1-4-10(13(15)19-5-2)20-12-8-9(14(16)17)6-7-11(12)18-3/h6-8,10H,4-5H2,1-3H3. The van der Waals surface area contributed by atoms with E-state index in [1.807, 2.05) is 0 Å². The minimum absolute atomic E-state index is 0.139. The number of carbonyl (C=O) groups excluding carboxylic acids is 1. The molecule has 0 aliphatic heterocycles. The van der Waals surface area contributed by atoms with Crippen LogP contribution in [-0.2, 0) is 9.53 Å². The van der Waals surface area contributed by atoms with Gasteiger partial charge in [0.05, 0.1) is 24.7 Å². The van der Waals surface area contributed by atoms with E-state index < -0.39 is 17.0 Å². The molecule has 0 saturated heterocycles. The Morgan fingerprint density at radius 3 is 2.55 bits per heavy atom. The molecule has 7 heteroatoms. The van der Waals surface area contributed by atoms with Gasteiger partial charge in [-0.25, -0.2) is 4.79 Å². The van der Waals surface area contributed by atoms with Crippen LogP contribution in [0.1, 0.15) is 20.3 Å². The summed E-state index contributed by atoms with van der Waals surface area (Å²) in [5.74, 6) is -0.0523. The Morgan fingerprint density at radius 1 is 1.35 bits per heavy atom. The first kappa shape index (κ1) is 15.7. The summed E-state index contributed by atoms with van der Waals surface area (Å²) < 4.78 is 15.4. The number of non-ortho nitro benzene ring substituents is 1. The quantitative estimate of drug-likeness (QED) is 0.433. The van der Waals surface area contributed by atoms with Crippen LogP contribution in [0.2, 0.25) is 0 Å². The zero-order valence-electron chi connectivity index (χ0n) is 11.6. The number of carbonyl (C=O) groups is 1. The molecule has 20 heavy (non-hydrogen) atoms. The molecule has 0 saturated carbocycles. The van der Waals surface area contributed by atoms with Gasteiger partial charge in [-0.1, -0.05) is 6.92 Å². The van der Waals surface area contributed by atoms with Crippen LogP contribution in [-0.4, -0.2) is 30.7 Å². The Kier molecular flexibility index (Phi) is 5.76. The number of methoxy groups -OCH3 is 1. The predicted molar refractivity (Wildman–Crippen MR) is 71.0 cm³/mol. The van der Waals surface area contributed by atoms with Crippen molar-refractivity contribution in [3.8, 4) is 11.5 Å². The molecule has 1 rings (SSSR count). The number of benzene rings is 1. The van der Waals surface area contributed by atoms with Gasteiger partial charge in [0.2, 0.25) is 0 Å². The third-order valence-corrected chi connectivity index (χ3v) is 2.55. The van der Waals surface area contributed by atoms with Crippen LogP contribution in [0.4, 0.5) is 5.69 Å². The molecule has 7 nitrogen and oxygen atoms in total. The minimum Gasteiger partial charge on any atom is -0.493 e. The third-order valence-electron chi connectivity index (χ3n) is 2.55. The molecule has 0 aliphatic rings. The third kappa shape index (κ3) is 3.84.